The molecule has 0 aliphatic rings. The lowest BCUT2D eigenvalue weighted by Gasteiger charge is -2.23. The van der Waals surface area contributed by atoms with Gasteiger partial charge in [-0.1, -0.05) is 30.3 Å². The highest BCUT2D eigenvalue weighted by molar-refractivity contribution is 5.85. The van der Waals surface area contributed by atoms with E-state index in [0.717, 1.165) is 5.56 Å². The highest BCUT2D eigenvalue weighted by atomic mass is 16.6. The Balaban J connectivity index is 2.60. The SMILES string of the molecule is CNC(=O)C(CCc1ccccc1)NC(=O)OC(C)(C)C. The third-order valence-electron chi connectivity index (χ3n) is 2.82. The van der Waals surface area contributed by atoms with Crippen LogP contribution in [-0.4, -0.2) is 30.7 Å². The van der Waals surface area contributed by atoms with Crippen molar-refractivity contribution in [2.24, 2.45) is 0 Å². The molecule has 0 heterocycles. The molecule has 1 aromatic carbocycles. The van der Waals surface area contributed by atoms with E-state index >= 15 is 0 Å². The number of alkyl carbamates (subject to hydrolysis) is 1. The molecule has 0 aliphatic carbocycles. The van der Waals surface area contributed by atoms with Gasteiger partial charge < -0.3 is 15.4 Å². The molecule has 1 aromatic rings. The number of nitrogens with one attached hydrogen (secondary N) is 2. The summed E-state index contributed by atoms with van der Waals surface area (Å²) in [4.78, 5) is 23.6. The molecule has 0 spiro atoms. The quantitative estimate of drug-likeness (QED) is 0.874. The number of carbonyl (C=O) groups excluding carboxylic acids is 2. The summed E-state index contributed by atoms with van der Waals surface area (Å²) in [5.74, 6) is -0.225. The van der Waals surface area contributed by atoms with E-state index in [9.17, 15) is 9.59 Å². The van der Waals surface area contributed by atoms with Gasteiger partial charge in [0.15, 0.2) is 0 Å². The molecule has 1 unspecified atom stereocenters. The lowest BCUT2D eigenvalue weighted by atomic mass is 10.0. The van der Waals surface area contributed by atoms with Crippen molar-refractivity contribution in [1.82, 2.24) is 10.6 Å². The Morgan fingerprint density at radius 1 is 1.19 bits per heavy atom. The first-order chi connectivity index (χ1) is 9.81. The van der Waals surface area contributed by atoms with Gasteiger partial charge in [0.1, 0.15) is 11.6 Å². The maximum Gasteiger partial charge on any atom is 0.408 e. The Kier molecular flexibility index (Phi) is 6.21. The van der Waals surface area contributed by atoms with Crippen LogP contribution in [0.15, 0.2) is 30.3 Å². The van der Waals surface area contributed by atoms with Gasteiger partial charge in [-0.3, -0.25) is 4.79 Å². The van der Waals surface area contributed by atoms with Crippen LogP contribution in [0.3, 0.4) is 0 Å². The second-order valence-electron chi connectivity index (χ2n) is 5.84. The third-order valence-corrected chi connectivity index (χ3v) is 2.82. The number of carbonyl (C=O) groups is 2. The van der Waals surface area contributed by atoms with Crippen LogP contribution < -0.4 is 10.6 Å². The van der Waals surface area contributed by atoms with Gasteiger partial charge in [-0.05, 0) is 39.2 Å². The molecule has 0 aromatic heterocycles. The second kappa shape index (κ2) is 7.67. The van der Waals surface area contributed by atoms with Gasteiger partial charge in [0.05, 0.1) is 0 Å². The van der Waals surface area contributed by atoms with Gasteiger partial charge in [-0.25, -0.2) is 4.79 Å². The number of hydrogen-bond donors (Lipinski definition) is 2. The molecule has 21 heavy (non-hydrogen) atoms. The number of benzene rings is 1. The fraction of sp³-hybridized carbons (Fsp3) is 0.500. The number of likely N-dealkylation sites (N-methyl/N-ethyl adjacent to an activating group) is 1. The fourth-order valence-corrected chi connectivity index (χ4v) is 1.85. The molecule has 1 rings (SSSR count). The van der Waals surface area contributed by atoms with E-state index in [4.69, 9.17) is 4.74 Å². The minimum absolute atomic E-state index is 0.225. The predicted octanol–water partition coefficient (Wildman–Crippen LogP) is 2.26. The average molecular weight is 292 g/mol. The van der Waals surface area contributed by atoms with Crippen LogP contribution in [0.4, 0.5) is 4.79 Å². The van der Waals surface area contributed by atoms with E-state index in [1.165, 1.54) is 0 Å². The monoisotopic (exact) mass is 292 g/mol. The van der Waals surface area contributed by atoms with E-state index in [0.29, 0.717) is 12.8 Å². The first-order valence-corrected chi connectivity index (χ1v) is 7.07. The zero-order valence-electron chi connectivity index (χ0n) is 13.1. The number of ether oxygens (including phenoxy) is 1. The van der Waals surface area contributed by atoms with Crippen molar-refractivity contribution in [1.29, 1.82) is 0 Å². The number of rotatable bonds is 5. The molecule has 0 radical (unpaired) electrons. The van der Waals surface area contributed by atoms with Crippen molar-refractivity contribution in [3.05, 3.63) is 35.9 Å². The van der Waals surface area contributed by atoms with Crippen molar-refractivity contribution >= 4 is 12.0 Å². The van der Waals surface area contributed by atoms with Crippen LogP contribution in [0, 0.1) is 0 Å². The zero-order valence-corrected chi connectivity index (χ0v) is 13.1. The molecule has 0 saturated heterocycles. The molecule has 0 aliphatic heterocycles. The summed E-state index contributed by atoms with van der Waals surface area (Å²) in [5, 5.41) is 5.18. The van der Waals surface area contributed by atoms with E-state index in [2.05, 4.69) is 10.6 Å². The van der Waals surface area contributed by atoms with Gasteiger partial charge >= 0.3 is 6.09 Å². The average Bonchev–Trinajstić information content (AvgIpc) is 2.41. The Labute approximate surface area is 126 Å². The summed E-state index contributed by atoms with van der Waals surface area (Å²) in [6.07, 6.45) is 0.640. The van der Waals surface area contributed by atoms with E-state index in [-0.39, 0.29) is 5.91 Å². The lowest BCUT2D eigenvalue weighted by molar-refractivity contribution is -0.122. The van der Waals surface area contributed by atoms with Crippen LogP contribution in [0.1, 0.15) is 32.8 Å². The number of amides is 2. The molecular formula is C16H24N2O3. The smallest absolute Gasteiger partial charge is 0.408 e. The Morgan fingerprint density at radius 3 is 2.33 bits per heavy atom. The number of hydrogen-bond acceptors (Lipinski definition) is 3. The molecule has 0 saturated carbocycles. The van der Waals surface area contributed by atoms with Gasteiger partial charge in [0.25, 0.3) is 0 Å². The molecular weight excluding hydrogens is 268 g/mol. The van der Waals surface area contributed by atoms with E-state index in [1.807, 2.05) is 30.3 Å². The highest BCUT2D eigenvalue weighted by Crippen LogP contribution is 2.09. The highest BCUT2D eigenvalue weighted by Gasteiger charge is 2.23. The van der Waals surface area contributed by atoms with E-state index in [1.54, 1.807) is 27.8 Å². The Bertz CT molecular complexity index is 466. The summed E-state index contributed by atoms with van der Waals surface area (Å²) in [5.41, 5.74) is 0.536. The molecule has 116 valence electrons. The Hall–Kier alpha value is -2.04. The van der Waals surface area contributed by atoms with E-state index < -0.39 is 17.7 Å². The summed E-state index contributed by atoms with van der Waals surface area (Å²) < 4.78 is 5.18. The normalized spacial score (nSPS) is 12.4. The third kappa shape index (κ3) is 6.79. The van der Waals surface area contributed by atoms with Gasteiger partial charge in [-0.2, -0.15) is 0 Å². The van der Waals surface area contributed by atoms with Crippen LogP contribution in [0.2, 0.25) is 0 Å². The summed E-state index contributed by atoms with van der Waals surface area (Å²) >= 11 is 0. The summed E-state index contributed by atoms with van der Waals surface area (Å²) in [7, 11) is 1.55. The predicted molar refractivity (Wildman–Crippen MR) is 82.0 cm³/mol. The Morgan fingerprint density at radius 2 is 1.81 bits per heavy atom. The fourth-order valence-electron chi connectivity index (χ4n) is 1.85. The van der Waals surface area contributed by atoms with Crippen LogP contribution in [0.5, 0.6) is 0 Å². The lowest BCUT2D eigenvalue weighted by Crippen LogP contribution is -2.47. The summed E-state index contributed by atoms with van der Waals surface area (Å²) in [6.45, 7) is 5.35. The molecule has 5 nitrogen and oxygen atoms in total. The van der Waals surface area contributed by atoms with Gasteiger partial charge in [-0.15, -0.1) is 0 Å². The standard InChI is InChI=1S/C16H24N2O3/c1-16(2,3)21-15(20)18-13(14(19)17-4)11-10-12-8-6-5-7-9-12/h5-9,13H,10-11H2,1-4H3,(H,17,19)(H,18,20). The maximum absolute atomic E-state index is 11.9. The molecule has 0 fully saturated rings. The van der Waals surface area contributed by atoms with Gasteiger partial charge in [0.2, 0.25) is 5.91 Å². The summed E-state index contributed by atoms with van der Waals surface area (Å²) in [6, 6.07) is 9.23. The number of aryl methyl sites for hydroxylation is 1. The molecule has 5 heteroatoms. The minimum atomic E-state index is -0.606. The van der Waals surface area contributed by atoms with Crippen molar-refractivity contribution < 1.29 is 14.3 Å². The van der Waals surface area contributed by atoms with Crippen molar-refractivity contribution in [2.45, 2.75) is 45.3 Å². The van der Waals surface area contributed by atoms with Crippen molar-refractivity contribution in [3.8, 4) is 0 Å². The molecule has 0 bridgehead atoms. The molecule has 2 amide bonds. The molecule has 1 atom stereocenters. The van der Waals surface area contributed by atoms with Crippen molar-refractivity contribution in [3.63, 3.8) is 0 Å². The topological polar surface area (TPSA) is 67.4 Å². The van der Waals surface area contributed by atoms with Crippen LogP contribution in [-0.2, 0) is 16.0 Å². The first kappa shape index (κ1) is 17.0. The molecule has 2 N–H and O–H groups in total. The second-order valence-corrected chi connectivity index (χ2v) is 5.84. The van der Waals surface area contributed by atoms with Crippen LogP contribution >= 0.6 is 0 Å². The van der Waals surface area contributed by atoms with Gasteiger partial charge in [0, 0.05) is 7.05 Å². The minimum Gasteiger partial charge on any atom is -0.444 e. The van der Waals surface area contributed by atoms with Crippen LogP contribution in [0.25, 0.3) is 0 Å². The zero-order chi connectivity index (χ0) is 15.9. The largest absolute Gasteiger partial charge is 0.444 e. The first-order valence-electron chi connectivity index (χ1n) is 7.07. The van der Waals surface area contributed by atoms with Crippen molar-refractivity contribution in [2.75, 3.05) is 7.05 Å². The maximum atomic E-state index is 11.9.